The number of rotatable bonds is 5. The maximum Gasteiger partial charge on any atom is 0.358 e. The fourth-order valence-electron chi connectivity index (χ4n) is 3.32. The van der Waals surface area contributed by atoms with Gasteiger partial charge in [0.25, 0.3) is 0 Å². The lowest BCUT2D eigenvalue weighted by Gasteiger charge is -2.21. The first-order chi connectivity index (χ1) is 11.7. The molecule has 0 saturated heterocycles. The maximum atomic E-state index is 11.9. The summed E-state index contributed by atoms with van der Waals surface area (Å²) < 4.78 is 4.81. The summed E-state index contributed by atoms with van der Waals surface area (Å²) in [6.45, 7) is 0.849. The molecule has 3 rings (SSSR count). The molecule has 1 aromatic heterocycles. The summed E-state index contributed by atoms with van der Waals surface area (Å²) in [7, 11) is 1.35. The van der Waals surface area contributed by atoms with Gasteiger partial charge in [0.15, 0.2) is 5.69 Å². The molecule has 2 aliphatic rings. The van der Waals surface area contributed by atoms with Crippen LogP contribution in [0.25, 0.3) is 0 Å². The second-order valence-corrected chi connectivity index (χ2v) is 7.33. The van der Waals surface area contributed by atoms with E-state index in [0.29, 0.717) is 23.5 Å². The fourth-order valence-corrected chi connectivity index (χ4v) is 3.55. The molecule has 6 heteroatoms. The first-order valence-corrected chi connectivity index (χ1v) is 9.46. The van der Waals surface area contributed by atoms with Crippen LogP contribution >= 0.6 is 11.6 Å². The Bertz CT molecular complexity index is 582. The van der Waals surface area contributed by atoms with E-state index >= 15 is 0 Å². The van der Waals surface area contributed by atoms with Gasteiger partial charge in [-0.05, 0) is 31.6 Å². The number of methoxy groups -OCH3 is 1. The van der Waals surface area contributed by atoms with Crippen molar-refractivity contribution in [2.45, 2.75) is 63.7 Å². The molecule has 132 valence electrons. The third-order valence-electron chi connectivity index (χ3n) is 4.97. The third-order valence-corrected chi connectivity index (χ3v) is 5.33. The van der Waals surface area contributed by atoms with Crippen LogP contribution in [0, 0.1) is 5.92 Å². The summed E-state index contributed by atoms with van der Waals surface area (Å²) in [4.78, 5) is 20.9. The molecule has 0 radical (unpaired) electrons. The van der Waals surface area contributed by atoms with Gasteiger partial charge in [-0.1, -0.05) is 43.7 Å². The van der Waals surface area contributed by atoms with Crippen LogP contribution in [0.5, 0.6) is 0 Å². The van der Waals surface area contributed by atoms with Crippen LogP contribution in [-0.4, -0.2) is 29.6 Å². The van der Waals surface area contributed by atoms with Crippen molar-refractivity contribution in [3.63, 3.8) is 0 Å². The SMILES string of the molecule is COC(=O)c1nc(C2CC2)nc(NCC2CCCCCCC2)c1Cl. The van der Waals surface area contributed by atoms with Gasteiger partial charge in [0.05, 0.1) is 7.11 Å². The number of ether oxygens (including phenoxy) is 1. The van der Waals surface area contributed by atoms with Crippen molar-refractivity contribution in [3.05, 3.63) is 16.5 Å². The minimum Gasteiger partial charge on any atom is -0.464 e. The van der Waals surface area contributed by atoms with E-state index in [9.17, 15) is 4.79 Å². The number of anilines is 1. The number of hydrogen-bond acceptors (Lipinski definition) is 5. The number of hydrogen-bond donors (Lipinski definition) is 1. The number of carbonyl (C=O) groups is 1. The van der Waals surface area contributed by atoms with E-state index in [0.717, 1.165) is 19.4 Å². The van der Waals surface area contributed by atoms with E-state index in [1.807, 2.05) is 0 Å². The number of carbonyl (C=O) groups excluding carboxylic acids is 1. The monoisotopic (exact) mass is 351 g/mol. The quantitative estimate of drug-likeness (QED) is 0.787. The number of aromatic nitrogens is 2. The average Bonchev–Trinajstić information content (AvgIpc) is 3.39. The third kappa shape index (κ3) is 4.38. The van der Waals surface area contributed by atoms with Gasteiger partial charge in [-0.25, -0.2) is 14.8 Å². The second-order valence-electron chi connectivity index (χ2n) is 6.95. The molecule has 0 unspecified atom stereocenters. The van der Waals surface area contributed by atoms with Crippen molar-refractivity contribution in [2.24, 2.45) is 5.92 Å². The molecule has 0 aliphatic heterocycles. The van der Waals surface area contributed by atoms with Crippen molar-refractivity contribution in [2.75, 3.05) is 19.0 Å². The van der Waals surface area contributed by atoms with E-state index < -0.39 is 5.97 Å². The Morgan fingerprint density at radius 3 is 2.42 bits per heavy atom. The Kier molecular flexibility index (Phi) is 5.93. The predicted octanol–water partition coefficient (Wildman–Crippen LogP) is 4.57. The Labute approximate surface area is 148 Å². The van der Waals surface area contributed by atoms with Crippen molar-refractivity contribution in [1.82, 2.24) is 9.97 Å². The molecular formula is C18H26ClN3O2. The lowest BCUT2D eigenvalue weighted by molar-refractivity contribution is 0.0593. The van der Waals surface area contributed by atoms with Gasteiger partial charge in [-0.15, -0.1) is 0 Å². The highest BCUT2D eigenvalue weighted by molar-refractivity contribution is 6.35. The Morgan fingerprint density at radius 2 is 1.79 bits per heavy atom. The second kappa shape index (κ2) is 8.15. The van der Waals surface area contributed by atoms with Gasteiger partial charge in [0.1, 0.15) is 16.7 Å². The van der Waals surface area contributed by atoms with E-state index in [1.165, 1.54) is 52.1 Å². The molecule has 5 nitrogen and oxygen atoms in total. The zero-order chi connectivity index (χ0) is 16.9. The number of nitrogens with zero attached hydrogens (tertiary/aromatic N) is 2. The molecule has 2 fully saturated rings. The smallest absolute Gasteiger partial charge is 0.358 e. The molecule has 24 heavy (non-hydrogen) atoms. The van der Waals surface area contributed by atoms with Crippen molar-refractivity contribution in [3.8, 4) is 0 Å². The number of halogens is 1. The van der Waals surface area contributed by atoms with E-state index in [4.69, 9.17) is 16.3 Å². The molecule has 0 amide bonds. The Balaban J connectivity index is 1.73. The molecule has 0 spiro atoms. The van der Waals surface area contributed by atoms with Gasteiger partial charge >= 0.3 is 5.97 Å². The van der Waals surface area contributed by atoms with E-state index in [2.05, 4.69) is 15.3 Å². The van der Waals surface area contributed by atoms with Crippen molar-refractivity contribution >= 4 is 23.4 Å². The van der Waals surface area contributed by atoms with Gasteiger partial charge < -0.3 is 10.1 Å². The average molecular weight is 352 g/mol. The molecule has 1 heterocycles. The van der Waals surface area contributed by atoms with Gasteiger partial charge in [-0.3, -0.25) is 0 Å². The summed E-state index contributed by atoms with van der Waals surface area (Å²) in [5.41, 5.74) is 0.177. The molecule has 0 bridgehead atoms. The van der Waals surface area contributed by atoms with Crippen LogP contribution in [0.4, 0.5) is 5.82 Å². The molecule has 1 aromatic rings. The lowest BCUT2D eigenvalue weighted by Crippen LogP contribution is -2.18. The summed E-state index contributed by atoms with van der Waals surface area (Å²) in [6.07, 6.45) is 11.3. The first kappa shape index (κ1) is 17.5. The highest BCUT2D eigenvalue weighted by atomic mass is 35.5. The molecular weight excluding hydrogens is 326 g/mol. The summed E-state index contributed by atoms with van der Waals surface area (Å²) in [6, 6.07) is 0. The van der Waals surface area contributed by atoms with E-state index in [-0.39, 0.29) is 10.7 Å². The summed E-state index contributed by atoms with van der Waals surface area (Å²) in [5.74, 6) is 1.78. The normalized spacial score (nSPS) is 19.4. The van der Waals surface area contributed by atoms with Crippen LogP contribution < -0.4 is 5.32 Å². The maximum absolute atomic E-state index is 11.9. The Morgan fingerprint density at radius 1 is 1.12 bits per heavy atom. The molecule has 0 aromatic carbocycles. The fraction of sp³-hybridized carbons (Fsp3) is 0.722. The highest BCUT2D eigenvalue weighted by Gasteiger charge is 2.30. The minimum absolute atomic E-state index is 0.177. The van der Waals surface area contributed by atoms with Crippen molar-refractivity contribution in [1.29, 1.82) is 0 Å². The predicted molar refractivity (Wildman–Crippen MR) is 94.7 cm³/mol. The lowest BCUT2D eigenvalue weighted by atomic mass is 9.91. The molecule has 2 saturated carbocycles. The van der Waals surface area contributed by atoms with Crippen LogP contribution in [-0.2, 0) is 4.74 Å². The number of nitrogens with one attached hydrogen (secondary N) is 1. The number of esters is 1. The zero-order valence-corrected chi connectivity index (χ0v) is 15.1. The van der Waals surface area contributed by atoms with Gasteiger partial charge in [0.2, 0.25) is 0 Å². The van der Waals surface area contributed by atoms with Crippen LogP contribution in [0.1, 0.15) is 80.0 Å². The van der Waals surface area contributed by atoms with E-state index in [1.54, 1.807) is 0 Å². The van der Waals surface area contributed by atoms with Crippen LogP contribution in [0.3, 0.4) is 0 Å². The minimum atomic E-state index is -0.502. The molecule has 0 atom stereocenters. The molecule has 1 N–H and O–H groups in total. The van der Waals surface area contributed by atoms with Gasteiger partial charge in [0, 0.05) is 12.5 Å². The zero-order valence-electron chi connectivity index (χ0n) is 14.3. The van der Waals surface area contributed by atoms with Crippen molar-refractivity contribution < 1.29 is 9.53 Å². The molecule has 2 aliphatic carbocycles. The highest BCUT2D eigenvalue weighted by Crippen LogP contribution is 2.39. The van der Waals surface area contributed by atoms with Gasteiger partial charge in [-0.2, -0.15) is 0 Å². The summed E-state index contributed by atoms with van der Waals surface area (Å²) >= 11 is 6.37. The van der Waals surface area contributed by atoms with Crippen LogP contribution in [0.2, 0.25) is 5.02 Å². The van der Waals surface area contributed by atoms with Crippen LogP contribution in [0.15, 0.2) is 0 Å². The topological polar surface area (TPSA) is 64.1 Å². The summed E-state index contributed by atoms with van der Waals surface area (Å²) in [5, 5.41) is 3.66. The first-order valence-electron chi connectivity index (χ1n) is 9.08. The Hall–Kier alpha value is -1.36. The standard InChI is InChI=1S/C18H26ClN3O2/c1-24-18(23)15-14(19)17(22-16(21-15)13-9-10-13)20-11-12-7-5-3-2-4-6-8-12/h12-13H,2-11H2,1H3,(H,20,21,22). The largest absolute Gasteiger partial charge is 0.464 e.